The number of amides is 1. The van der Waals surface area contributed by atoms with Crippen molar-refractivity contribution in [1.29, 1.82) is 0 Å². The number of primary amides is 1. The van der Waals surface area contributed by atoms with Crippen molar-refractivity contribution >= 4 is 49.8 Å². The molecule has 0 bridgehead atoms. The highest BCUT2D eigenvalue weighted by molar-refractivity contribution is 7.22. The van der Waals surface area contributed by atoms with Gasteiger partial charge in [-0.15, -0.1) is 11.3 Å². The molecule has 13 heteroatoms. The molecule has 4 aromatic rings. The van der Waals surface area contributed by atoms with Crippen LogP contribution in [0, 0.1) is 0 Å². The number of rotatable bonds is 7. The van der Waals surface area contributed by atoms with Crippen molar-refractivity contribution < 1.29 is 18.5 Å². The van der Waals surface area contributed by atoms with E-state index < -0.39 is 5.91 Å². The van der Waals surface area contributed by atoms with E-state index in [0.717, 1.165) is 30.7 Å². The Labute approximate surface area is 227 Å². The molecule has 204 valence electrons. The summed E-state index contributed by atoms with van der Waals surface area (Å²) < 4.78 is 17.3. The lowest BCUT2D eigenvalue weighted by Crippen LogP contribution is -2.42. The Morgan fingerprint density at radius 1 is 1.15 bits per heavy atom. The molecule has 6 rings (SSSR count). The molecular weight excluding hydrogens is 522 g/mol. The molecule has 1 aliphatic carbocycles. The molecule has 2 fully saturated rings. The van der Waals surface area contributed by atoms with E-state index in [1.54, 1.807) is 24.4 Å². The van der Waals surface area contributed by atoms with Gasteiger partial charge in [0, 0.05) is 37.3 Å². The highest BCUT2D eigenvalue weighted by Gasteiger charge is 2.23. The van der Waals surface area contributed by atoms with Crippen LogP contribution in [-0.4, -0.2) is 54.4 Å². The maximum Gasteiger partial charge on any atom is 0.269 e. The van der Waals surface area contributed by atoms with Gasteiger partial charge in [-0.25, -0.2) is 4.98 Å². The fourth-order valence-electron chi connectivity index (χ4n) is 5.03. The average molecular weight is 552 g/mol. The van der Waals surface area contributed by atoms with Crippen LogP contribution in [0.4, 0.5) is 22.3 Å². The van der Waals surface area contributed by atoms with Gasteiger partial charge >= 0.3 is 0 Å². The number of morpholine rings is 1. The summed E-state index contributed by atoms with van der Waals surface area (Å²) in [6.07, 6.45) is 7.23. The van der Waals surface area contributed by atoms with Crippen LogP contribution in [0.15, 0.2) is 44.4 Å². The minimum Gasteiger partial charge on any atom is -0.459 e. The minimum absolute atomic E-state index is 0.0482. The van der Waals surface area contributed by atoms with Crippen LogP contribution in [-0.2, 0) is 4.74 Å². The number of nitrogens with two attached hydrogens (primary N) is 2. The van der Waals surface area contributed by atoms with Gasteiger partial charge in [0.15, 0.2) is 11.3 Å². The van der Waals surface area contributed by atoms with E-state index in [0.29, 0.717) is 53.6 Å². The van der Waals surface area contributed by atoms with Gasteiger partial charge < -0.3 is 40.7 Å². The van der Waals surface area contributed by atoms with E-state index >= 15 is 0 Å². The molecule has 39 heavy (non-hydrogen) atoms. The van der Waals surface area contributed by atoms with Crippen molar-refractivity contribution in [3.05, 3.63) is 46.6 Å². The fraction of sp³-hybridized carbons (Fsp3) is 0.385. The lowest BCUT2D eigenvalue weighted by atomic mass is 9.91. The number of carbonyl (C=O) groups excluding carboxylic acids is 1. The number of anilines is 4. The molecular formula is C26H29N7O5S. The number of hydrogen-bond donors (Lipinski definition) is 4. The number of fused-ring (bicyclic) bond motifs is 1. The van der Waals surface area contributed by atoms with E-state index in [-0.39, 0.29) is 34.7 Å². The molecule has 1 amide bonds. The zero-order valence-corrected chi connectivity index (χ0v) is 22.0. The van der Waals surface area contributed by atoms with E-state index in [2.05, 4.69) is 25.7 Å². The van der Waals surface area contributed by atoms with Gasteiger partial charge in [-0.2, -0.15) is 0 Å². The summed E-state index contributed by atoms with van der Waals surface area (Å²) in [6.45, 7) is 2.65. The molecule has 2 atom stereocenters. The quantitative estimate of drug-likeness (QED) is 0.265. The van der Waals surface area contributed by atoms with E-state index in [9.17, 15) is 9.59 Å². The number of ether oxygens (including phenoxy) is 1. The zero-order valence-electron chi connectivity index (χ0n) is 21.1. The van der Waals surface area contributed by atoms with Crippen LogP contribution in [0.5, 0.6) is 0 Å². The second kappa shape index (κ2) is 10.7. The first-order valence-corrected chi connectivity index (χ1v) is 13.7. The maximum absolute atomic E-state index is 12.8. The van der Waals surface area contributed by atoms with Crippen molar-refractivity contribution in [2.75, 3.05) is 41.8 Å². The van der Waals surface area contributed by atoms with E-state index in [1.165, 1.54) is 17.6 Å². The summed E-state index contributed by atoms with van der Waals surface area (Å²) in [5, 5.41) is 11.5. The van der Waals surface area contributed by atoms with Crippen LogP contribution in [0.3, 0.4) is 0 Å². The predicted octanol–water partition coefficient (Wildman–Crippen LogP) is 3.27. The van der Waals surface area contributed by atoms with Gasteiger partial charge in [0.05, 0.1) is 46.0 Å². The summed E-state index contributed by atoms with van der Waals surface area (Å²) in [5.41, 5.74) is 14.2. The molecule has 1 saturated heterocycles. The normalized spacial score (nSPS) is 19.8. The Kier molecular flexibility index (Phi) is 6.94. The molecule has 0 unspecified atom stereocenters. The number of carbonyl (C=O) groups is 1. The Balaban J connectivity index is 1.28. The Morgan fingerprint density at radius 3 is 2.77 bits per heavy atom. The van der Waals surface area contributed by atoms with Crippen molar-refractivity contribution in [3.8, 4) is 11.3 Å². The first kappa shape index (κ1) is 25.3. The average Bonchev–Trinajstić information content (AvgIpc) is 3.58. The molecule has 1 aliphatic heterocycles. The van der Waals surface area contributed by atoms with Crippen molar-refractivity contribution in [1.82, 2.24) is 10.1 Å². The van der Waals surface area contributed by atoms with Gasteiger partial charge in [0.25, 0.3) is 5.91 Å². The van der Waals surface area contributed by atoms with Crippen LogP contribution < -0.4 is 32.4 Å². The van der Waals surface area contributed by atoms with Crippen molar-refractivity contribution in [3.63, 3.8) is 0 Å². The zero-order chi connectivity index (χ0) is 26.9. The minimum atomic E-state index is -0.681. The number of hydrogen-bond acceptors (Lipinski definition) is 12. The summed E-state index contributed by atoms with van der Waals surface area (Å²) in [5.74, 6) is -0.411. The van der Waals surface area contributed by atoms with Gasteiger partial charge in [-0.05, 0) is 18.9 Å². The second-order valence-electron chi connectivity index (χ2n) is 9.74. The molecule has 0 spiro atoms. The molecule has 6 N–H and O–H groups in total. The van der Waals surface area contributed by atoms with Gasteiger partial charge in [-0.1, -0.05) is 18.0 Å². The Morgan fingerprint density at radius 2 is 1.97 bits per heavy atom. The van der Waals surface area contributed by atoms with Gasteiger partial charge in [0.1, 0.15) is 12.0 Å². The van der Waals surface area contributed by atoms with Crippen LogP contribution >= 0.6 is 11.3 Å². The summed E-state index contributed by atoms with van der Waals surface area (Å²) in [7, 11) is 0. The third-order valence-electron chi connectivity index (χ3n) is 7.09. The number of nitrogens with zero attached hydrogens (tertiary/aromatic N) is 3. The predicted molar refractivity (Wildman–Crippen MR) is 149 cm³/mol. The number of pyridine rings is 1. The summed E-state index contributed by atoms with van der Waals surface area (Å²) in [4.78, 5) is 31.2. The number of nitrogens with one attached hydrogen (secondary N) is 2. The first-order valence-electron chi connectivity index (χ1n) is 12.9. The highest BCUT2D eigenvalue weighted by Crippen LogP contribution is 2.37. The van der Waals surface area contributed by atoms with E-state index in [4.69, 9.17) is 25.1 Å². The number of furan rings is 1. The van der Waals surface area contributed by atoms with Crippen LogP contribution in [0.1, 0.15) is 36.2 Å². The maximum atomic E-state index is 12.8. The Bertz CT molecular complexity index is 1560. The largest absolute Gasteiger partial charge is 0.459 e. The topological polar surface area (TPSA) is 175 Å². The Hall–Kier alpha value is -3.94. The summed E-state index contributed by atoms with van der Waals surface area (Å²) >= 11 is 1.46. The molecule has 0 radical (unpaired) electrons. The monoisotopic (exact) mass is 551 g/mol. The number of aromatic nitrogens is 2. The molecule has 5 heterocycles. The molecule has 12 nitrogen and oxygen atoms in total. The standard InChI is InChI=1S/C26H29N7O5S/c27-16-3-1-2-4-17(16)30-14-9-19(23(26(28)35)29-12-14)31-21-10-18(32-38-21)15-13-37-24-20(34)11-22(39-25(15)24)33-5-7-36-8-6-33/h9-13,16-17,30-31H,1-8,27H2,(H2,28,35)/t16-,17+/m1/s1. The molecule has 1 saturated carbocycles. The lowest BCUT2D eigenvalue weighted by molar-refractivity contribution is 0.0996. The molecule has 0 aromatic carbocycles. The van der Waals surface area contributed by atoms with Gasteiger partial charge in [-0.3, -0.25) is 9.59 Å². The van der Waals surface area contributed by atoms with E-state index in [1.807, 2.05) is 0 Å². The molecule has 2 aliphatic rings. The van der Waals surface area contributed by atoms with Crippen molar-refractivity contribution in [2.24, 2.45) is 11.5 Å². The first-order chi connectivity index (χ1) is 19.0. The fourth-order valence-corrected chi connectivity index (χ4v) is 6.22. The summed E-state index contributed by atoms with van der Waals surface area (Å²) in [6, 6.07) is 5.19. The molecule has 4 aromatic heterocycles. The van der Waals surface area contributed by atoms with Crippen LogP contribution in [0.2, 0.25) is 0 Å². The highest BCUT2D eigenvalue weighted by atomic mass is 32.1. The smallest absolute Gasteiger partial charge is 0.269 e. The third-order valence-corrected chi connectivity index (χ3v) is 8.28. The van der Waals surface area contributed by atoms with Crippen molar-refractivity contribution in [2.45, 2.75) is 37.8 Å². The van der Waals surface area contributed by atoms with Gasteiger partial charge in [0.2, 0.25) is 11.3 Å². The third kappa shape index (κ3) is 5.20. The second-order valence-corrected chi connectivity index (χ2v) is 10.8. The van der Waals surface area contributed by atoms with Crippen LogP contribution in [0.25, 0.3) is 21.5 Å². The SMILES string of the molecule is NC(=O)c1ncc(N[C@H]2CCCC[C@H]2N)cc1Nc1cc(-c2coc3c(=O)cc(N4CCOCC4)sc23)no1. The lowest BCUT2D eigenvalue weighted by Gasteiger charge is -2.30.